The van der Waals surface area contributed by atoms with Crippen LogP contribution in [-0.2, 0) is 6.54 Å². The summed E-state index contributed by atoms with van der Waals surface area (Å²) in [5.41, 5.74) is 1.71. The molecule has 0 amide bonds. The highest BCUT2D eigenvalue weighted by Gasteiger charge is 2.38. The van der Waals surface area contributed by atoms with Gasteiger partial charge in [0.05, 0.1) is 6.54 Å². The number of benzene rings is 2. The summed E-state index contributed by atoms with van der Waals surface area (Å²) in [6, 6.07) is 13.9. The maximum atomic E-state index is 13.3. The van der Waals surface area contributed by atoms with E-state index in [9.17, 15) is 8.78 Å². The van der Waals surface area contributed by atoms with Crippen molar-refractivity contribution in [3.63, 3.8) is 0 Å². The van der Waals surface area contributed by atoms with Crippen LogP contribution >= 0.6 is 12.4 Å². The molecule has 7 heteroatoms. The molecule has 1 saturated carbocycles. The normalized spacial score (nSPS) is 18.6. The molecule has 3 aromatic rings. The lowest BCUT2D eigenvalue weighted by Crippen LogP contribution is -2.17. The molecule has 0 spiro atoms. The summed E-state index contributed by atoms with van der Waals surface area (Å²) in [6.45, 7) is 0.449. The molecule has 4 rings (SSSR count). The van der Waals surface area contributed by atoms with E-state index in [4.69, 9.17) is 4.52 Å². The average molecular weight is 364 g/mol. The summed E-state index contributed by atoms with van der Waals surface area (Å²) in [5.74, 6) is -0.368. The van der Waals surface area contributed by atoms with Gasteiger partial charge >= 0.3 is 0 Å². The summed E-state index contributed by atoms with van der Waals surface area (Å²) in [5, 5.41) is 7.27. The van der Waals surface area contributed by atoms with E-state index in [0.717, 1.165) is 17.5 Å². The van der Waals surface area contributed by atoms with Gasteiger partial charge in [-0.15, -0.1) is 12.4 Å². The highest BCUT2D eigenvalue weighted by molar-refractivity contribution is 5.85. The Balaban J connectivity index is 0.00000182. The zero-order chi connectivity index (χ0) is 16.5. The lowest BCUT2D eigenvalue weighted by atomic mass is 10.1. The maximum Gasteiger partial charge on any atom is 0.240 e. The maximum absolute atomic E-state index is 13.3. The predicted octanol–water partition coefficient (Wildman–Crippen LogP) is 4.08. The van der Waals surface area contributed by atoms with E-state index in [0.29, 0.717) is 18.3 Å². The molecular weight excluding hydrogens is 348 g/mol. The summed E-state index contributed by atoms with van der Waals surface area (Å²) in [7, 11) is 0. The summed E-state index contributed by atoms with van der Waals surface area (Å²) in [4.78, 5) is 4.35. The van der Waals surface area contributed by atoms with Gasteiger partial charge in [-0.2, -0.15) is 4.98 Å². The molecule has 1 aliphatic rings. The van der Waals surface area contributed by atoms with Gasteiger partial charge < -0.3 is 9.84 Å². The molecule has 4 nitrogen and oxygen atoms in total. The van der Waals surface area contributed by atoms with Crippen molar-refractivity contribution in [2.24, 2.45) is 0 Å². The van der Waals surface area contributed by atoms with Gasteiger partial charge in [0.1, 0.15) is 0 Å². The van der Waals surface area contributed by atoms with Crippen LogP contribution in [-0.4, -0.2) is 16.2 Å². The lowest BCUT2D eigenvalue weighted by molar-refractivity contribution is 0.367. The fourth-order valence-corrected chi connectivity index (χ4v) is 2.78. The van der Waals surface area contributed by atoms with Crippen LogP contribution in [0.2, 0.25) is 0 Å². The topological polar surface area (TPSA) is 51.0 Å². The Labute approximate surface area is 149 Å². The molecule has 2 aromatic carbocycles. The molecule has 1 aliphatic carbocycles. The van der Waals surface area contributed by atoms with Crippen LogP contribution in [0.4, 0.5) is 8.78 Å². The van der Waals surface area contributed by atoms with Gasteiger partial charge in [0.15, 0.2) is 11.6 Å². The summed E-state index contributed by atoms with van der Waals surface area (Å²) >= 11 is 0. The third kappa shape index (κ3) is 3.86. The van der Waals surface area contributed by atoms with Crippen molar-refractivity contribution in [1.82, 2.24) is 15.5 Å². The predicted molar refractivity (Wildman–Crippen MR) is 91.3 cm³/mol. The number of nitrogens with one attached hydrogen (secondary N) is 1. The van der Waals surface area contributed by atoms with Gasteiger partial charge in [-0.25, -0.2) is 8.78 Å². The monoisotopic (exact) mass is 363 g/mol. The number of nitrogens with zero attached hydrogens (tertiary/aromatic N) is 2. The van der Waals surface area contributed by atoms with E-state index in [1.807, 2.05) is 30.3 Å². The highest BCUT2D eigenvalue weighted by Crippen LogP contribution is 2.41. The Hall–Kier alpha value is -2.31. The SMILES string of the molecule is Cl.Fc1ccc([C@@H]2C[C@H]2NCc2nc(-c3ccccc3)no2)cc1F. The highest BCUT2D eigenvalue weighted by atomic mass is 35.5. The van der Waals surface area contributed by atoms with Gasteiger partial charge in [-0.05, 0) is 24.1 Å². The van der Waals surface area contributed by atoms with Crippen LogP contribution in [0.1, 0.15) is 23.8 Å². The third-order valence-corrected chi connectivity index (χ3v) is 4.18. The van der Waals surface area contributed by atoms with E-state index in [2.05, 4.69) is 15.5 Å². The second kappa shape index (κ2) is 7.29. The summed E-state index contributed by atoms with van der Waals surface area (Å²) < 4.78 is 31.5. The zero-order valence-corrected chi connectivity index (χ0v) is 14.0. The lowest BCUT2D eigenvalue weighted by Gasteiger charge is -2.02. The van der Waals surface area contributed by atoms with E-state index in [-0.39, 0.29) is 24.4 Å². The first-order valence-electron chi connectivity index (χ1n) is 7.77. The molecule has 0 radical (unpaired) electrons. The zero-order valence-electron chi connectivity index (χ0n) is 13.2. The summed E-state index contributed by atoms with van der Waals surface area (Å²) in [6.07, 6.45) is 0.880. The van der Waals surface area contributed by atoms with Crippen LogP contribution in [0.5, 0.6) is 0 Å². The standard InChI is InChI=1S/C18H15F2N3O.ClH/c19-14-7-6-12(8-15(14)20)13-9-16(13)21-10-17-22-18(23-24-17)11-4-2-1-3-5-11;/h1-8,13,16,21H,9-10H2;1H/t13-,16+;/m0./s1. The minimum absolute atomic E-state index is 0. The molecule has 0 aliphatic heterocycles. The number of rotatable bonds is 5. The Morgan fingerprint density at radius 3 is 2.64 bits per heavy atom. The van der Waals surface area contributed by atoms with Crippen LogP contribution in [0.3, 0.4) is 0 Å². The van der Waals surface area contributed by atoms with Gasteiger partial charge in [-0.3, -0.25) is 0 Å². The van der Waals surface area contributed by atoms with Crippen LogP contribution < -0.4 is 5.32 Å². The van der Waals surface area contributed by atoms with Crippen LogP contribution in [0.25, 0.3) is 11.4 Å². The Morgan fingerprint density at radius 2 is 1.88 bits per heavy atom. The van der Waals surface area contributed by atoms with Crippen LogP contribution in [0.15, 0.2) is 53.1 Å². The molecule has 1 aromatic heterocycles. The molecule has 2 atom stereocenters. The second-order valence-corrected chi connectivity index (χ2v) is 5.88. The first-order chi connectivity index (χ1) is 11.7. The molecule has 25 heavy (non-hydrogen) atoms. The second-order valence-electron chi connectivity index (χ2n) is 5.88. The van der Waals surface area contributed by atoms with E-state index in [1.165, 1.54) is 12.1 Å². The molecular formula is C18H16ClF2N3O. The molecule has 0 bridgehead atoms. The van der Waals surface area contributed by atoms with Crippen molar-refractivity contribution in [1.29, 1.82) is 0 Å². The number of aromatic nitrogens is 2. The molecule has 1 N–H and O–H groups in total. The minimum atomic E-state index is -0.816. The minimum Gasteiger partial charge on any atom is -0.338 e. The largest absolute Gasteiger partial charge is 0.338 e. The van der Waals surface area contributed by atoms with Crippen molar-refractivity contribution in [3.8, 4) is 11.4 Å². The first-order valence-corrected chi connectivity index (χ1v) is 7.77. The van der Waals surface area contributed by atoms with Crippen LogP contribution in [0, 0.1) is 11.6 Å². The Bertz CT molecular complexity index is 857. The number of halogens is 3. The van der Waals surface area contributed by atoms with E-state index in [1.54, 1.807) is 6.07 Å². The first kappa shape index (κ1) is 17.5. The third-order valence-electron chi connectivity index (χ3n) is 4.18. The number of hydrogen-bond donors (Lipinski definition) is 1. The van der Waals surface area contributed by atoms with E-state index < -0.39 is 11.6 Å². The Kier molecular flexibility index (Phi) is 5.11. The van der Waals surface area contributed by atoms with Crippen molar-refractivity contribution in [2.75, 3.05) is 0 Å². The molecule has 0 unspecified atom stereocenters. The quantitative estimate of drug-likeness (QED) is 0.742. The van der Waals surface area contributed by atoms with Crippen molar-refractivity contribution in [2.45, 2.75) is 24.9 Å². The fraction of sp³-hybridized carbons (Fsp3) is 0.222. The van der Waals surface area contributed by atoms with Crippen molar-refractivity contribution >= 4 is 12.4 Å². The average Bonchev–Trinajstić information content (AvgIpc) is 3.23. The molecule has 130 valence electrons. The van der Waals surface area contributed by atoms with Gasteiger partial charge in [0, 0.05) is 17.5 Å². The van der Waals surface area contributed by atoms with Crippen molar-refractivity contribution in [3.05, 3.63) is 71.6 Å². The van der Waals surface area contributed by atoms with Gasteiger partial charge in [0.2, 0.25) is 11.7 Å². The fourth-order valence-electron chi connectivity index (χ4n) is 2.78. The van der Waals surface area contributed by atoms with Gasteiger partial charge in [0.25, 0.3) is 0 Å². The van der Waals surface area contributed by atoms with Crippen molar-refractivity contribution < 1.29 is 13.3 Å². The van der Waals surface area contributed by atoms with Gasteiger partial charge in [-0.1, -0.05) is 41.6 Å². The molecule has 1 fully saturated rings. The van der Waals surface area contributed by atoms with E-state index >= 15 is 0 Å². The molecule has 0 saturated heterocycles. The number of hydrogen-bond acceptors (Lipinski definition) is 4. The molecule has 1 heterocycles. The smallest absolute Gasteiger partial charge is 0.240 e. The Morgan fingerprint density at radius 1 is 1.08 bits per heavy atom.